The topological polar surface area (TPSA) is 117 Å². The van der Waals surface area contributed by atoms with E-state index in [1.807, 2.05) is 44.2 Å². The van der Waals surface area contributed by atoms with Crippen LogP contribution in [0.15, 0.2) is 59.5 Å². The standard InChI is InChI=1S/C30H42N2O7S/c1-21(2)19-31(40(36,37)24-14-12-23(38-3)13-15-24)20-28(33)27(18-22-8-5-4-6-9-22)32(30(34)35)26-16-17-39-29-11-7-10-25(26)29/h4-6,8-9,12-15,21,25-29,33H,7,10-11,16-20H2,1-3H3,(H,34,35)/t25-,26+,27+,28-,29+/m1/s1. The Morgan fingerprint density at radius 2 is 1.75 bits per heavy atom. The molecule has 1 aliphatic heterocycles. The molecule has 2 fully saturated rings. The molecule has 2 aromatic carbocycles. The molecular weight excluding hydrogens is 532 g/mol. The van der Waals surface area contributed by atoms with Gasteiger partial charge in [-0.1, -0.05) is 50.6 Å². The number of hydrogen-bond donors (Lipinski definition) is 2. The predicted octanol–water partition coefficient (Wildman–Crippen LogP) is 4.25. The van der Waals surface area contributed by atoms with Gasteiger partial charge in [0.2, 0.25) is 10.0 Å². The second-order valence-corrected chi connectivity index (χ2v) is 13.2. The molecule has 0 unspecified atom stereocenters. The van der Waals surface area contributed by atoms with Crippen LogP contribution in [0, 0.1) is 11.8 Å². The number of carboxylic acid groups (broad SMARTS) is 1. The summed E-state index contributed by atoms with van der Waals surface area (Å²) in [7, 11) is -2.46. The van der Waals surface area contributed by atoms with Gasteiger partial charge in [0.1, 0.15) is 5.75 Å². The fourth-order valence-corrected chi connectivity index (χ4v) is 7.83. The first-order chi connectivity index (χ1) is 19.1. The maximum absolute atomic E-state index is 13.8. The van der Waals surface area contributed by atoms with Crippen molar-refractivity contribution in [1.82, 2.24) is 9.21 Å². The van der Waals surface area contributed by atoms with Crippen molar-refractivity contribution in [3.05, 3.63) is 60.2 Å². The van der Waals surface area contributed by atoms with Crippen molar-refractivity contribution in [1.29, 1.82) is 0 Å². The van der Waals surface area contributed by atoms with Crippen LogP contribution in [0.3, 0.4) is 0 Å². The minimum absolute atomic E-state index is 0.0156. The molecular formula is C30H42N2O7S. The highest BCUT2D eigenvalue weighted by atomic mass is 32.2. The van der Waals surface area contributed by atoms with E-state index in [9.17, 15) is 23.4 Å². The van der Waals surface area contributed by atoms with E-state index < -0.39 is 28.3 Å². The Hall–Kier alpha value is -2.66. The first-order valence-electron chi connectivity index (χ1n) is 14.1. The molecule has 0 aromatic heterocycles. The van der Waals surface area contributed by atoms with Crippen LogP contribution in [-0.2, 0) is 21.2 Å². The van der Waals surface area contributed by atoms with Crippen LogP contribution in [0.5, 0.6) is 5.75 Å². The molecule has 2 aromatic rings. The molecule has 9 nitrogen and oxygen atoms in total. The van der Waals surface area contributed by atoms with Gasteiger partial charge in [0.15, 0.2) is 0 Å². The number of aliphatic hydroxyl groups excluding tert-OH is 1. The lowest BCUT2D eigenvalue weighted by molar-refractivity contribution is -0.0740. The normalized spacial score (nSPS) is 22.6. The molecule has 1 saturated heterocycles. The minimum atomic E-state index is -3.98. The summed E-state index contributed by atoms with van der Waals surface area (Å²) >= 11 is 0. The van der Waals surface area contributed by atoms with Gasteiger partial charge in [0.25, 0.3) is 0 Å². The fourth-order valence-electron chi connectivity index (χ4n) is 6.21. The van der Waals surface area contributed by atoms with Gasteiger partial charge in [-0.05, 0) is 61.4 Å². The van der Waals surface area contributed by atoms with Crippen LogP contribution in [0.2, 0.25) is 0 Å². The average molecular weight is 575 g/mol. The van der Waals surface area contributed by atoms with E-state index >= 15 is 0 Å². The summed E-state index contributed by atoms with van der Waals surface area (Å²) in [6, 6.07) is 14.5. The summed E-state index contributed by atoms with van der Waals surface area (Å²) < 4.78 is 40.0. The number of fused-ring (bicyclic) bond motifs is 1. The number of hydrogen-bond acceptors (Lipinski definition) is 6. The van der Waals surface area contributed by atoms with E-state index in [-0.39, 0.29) is 48.4 Å². The molecule has 1 heterocycles. The van der Waals surface area contributed by atoms with E-state index in [2.05, 4.69) is 0 Å². The number of nitrogens with zero attached hydrogens (tertiary/aromatic N) is 2. The highest BCUT2D eigenvalue weighted by Gasteiger charge is 2.46. The lowest BCUT2D eigenvalue weighted by atomic mass is 9.87. The molecule has 0 radical (unpaired) electrons. The number of carbonyl (C=O) groups is 1. The summed E-state index contributed by atoms with van der Waals surface area (Å²) in [4.78, 5) is 14.4. The summed E-state index contributed by atoms with van der Waals surface area (Å²) in [6.45, 7) is 4.24. The van der Waals surface area contributed by atoms with E-state index in [0.717, 1.165) is 24.8 Å². The van der Waals surface area contributed by atoms with Crippen LogP contribution < -0.4 is 4.74 Å². The molecule has 1 aliphatic carbocycles. The third kappa shape index (κ3) is 6.97. The Labute approximate surface area is 237 Å². The predicted molar refractivity (Wildman–Crippen MR) is 152 cm³/mol. The number of sulfonamides is 1. The van der Waals surface area contributed by atoms with Gasteiger partial charge >= 0.3 is 6.09 Å². The smallest absolute Gasteiger partial charge is 0.407 e. The Bertz CT molecular complexity index is 1210. The summed E-state index contributed by atoms with van der Waals surface area (Å²) in [5.41, 5.74) is 0.876. The zero-order chi connectivity index (χ0) is 28.9. The Balaban J connectivity index is 1.68. The number of methoxy groups -OCH3 is 1. The number of amides is 1. The van der Waals surface area contributed by atoms with E-state index in [0.29, 0.717) is 18.8 Å². The van der Waals surface area contributed by atoms with E-state index in [4.69, 9.17) is 9.47 Å². The summed E-state index contributed by atoms with van der Waals surface area (Å²) in [6.07, 6.45) is 1.22. The fraction of sp³-hybridized carbons (Fsp3) is 0.567. The number of rotatable bonds is 12. The van der Waals surface area contributed by atoms with Crippen molar-refractivity contribution in [3.63, 3.8) is 0 Å². The highest BCUT2D eigenvalue weighted by molar-refractivity contribution is 7.89. The largest absolute Gasteiger partial charge is 0.497 e. The maximum atomic E-state index is 13.8. The third-order valence-electron chi connectivity index (χ3n) is 8.07. The Morgan fingerprint density at radius 1 is 1.05 bits per heavy atom. The molecule has 2 N–H and O–H groups in total. The highest BCUT2D eigenvalue weighted by Crippen LogP contribution is 2.39. The molecule has 2 aliphatic rings. The quantitative estimate of drug-likeness (QED) is 0.389. The second kappa shape index (κ2) is 13.3. The molecule has 220 valence electrons. The van der Waals surface area contributed by atoms with Gasteiger partial charge in [-0.15, -0.1) is 0 Å². The van der Waals surface area contributed by atoms with E-state index in [1.165, 1.54) is 28.4 Å². The van der Waals surface area contributed by atoms with Gasteiger partial charge < -0.3 is 19.7 Å². The zero-order valence-corrected chi connectivity index (χ0v) is 24.4. The van der Waals surface area contributed by atoms with Gasteiger partial charge in [-0.3, -0.25) is 4.90 Å². The number of benzene rings is 2. The molecule has 4 rings (SSSR count). The van der Waals surface area contributed by atoms with Crippen LogP contribution in [-0.4, -0.2) is 85.0 Å². The van der Waals surface area contributed by atoms with Crippen molar-refractivity contribution in [2.75, 3.05) is 26.8 Å². The second-order valence-electron chi connectivity index (χ2n) is 11.3. The van der Waals surface area contributed by atoms with Crippen molar-refractivity contribution < 1.29 is 32.9 Å². The lowest BCUT2D eigenvalue weighted by Gasteiger charge is -2.45. The number of ether oxygens (including phenoxy) is 2. The minimum Gasteiger partial charge on any atom is -0.497 e. The van der Waals surface area contributed by atoms with Gasteiger partial charge in [0.05, 0.1) is 30.3 Å². The third-order valence-corrected chi connectivity index (χ3v) is 9.91. The SMILES string of the molecule is COc1ccc(S(=O)(=O)N(CC(C)C)C[C@@H](O)[C@H](Cc2ccccc2)N(C(=O)O)[C@H]2CCO[C@H]3CCC[C@@H]32)cc1. The van der Waals surface area contributed by atoms with Gasteiger partial charge in [-0.25, -0.2) is 13.2 Å². The van der Waals surface area contributed by atoms with Crippen LogP contribution in [0.1, 0.15) is 45.1 Å². The first-order valence-corrected chi connectivity index (χ1v) is 15.5. The lowest BCUT2D eigenvalue weighted by Crippen LogP contribution is -2.59. The van der Waals surface area contributed by atoms with Crippen molar-refractivity contribution in [2.24, 2.45) is 11.8 Å². The molecule has 40 heavy (non-hydrogen) atoms. The van der Waals surface area contributed by atoms with Crippen molar-refractivity contribution >= 4 is 16.1 Å². The first kappa shape index (κ1) is 30.3. The Morgan fingerprint density at radius 3 is 2.38 bits per heavy atom. The number of aliphatic hydroxyl groups is 1. The zero-order valence-electron chi connectivity index (χ0n) is 23.6. The van der Waals surface area contributed by atoms with Gasteiger partial charge in [0, 0.05) is 31.7 Å². The van der Waals surface area contributed by atoms with Gasteiger partial charge in [-0.2, -0.15) is 4.31 Å². The molecule has 1 saturated carbocycles. The van der Waals surface area contributed by atoms with Crippen LogP contribution in [0.4, 0.5) is 4.79 Å². The van der Waals surface area contributed by atoms with Crippen molar-refractivity contribution in [3.8, 4) is 5.75 Å². The summed E-state index contributed by atoms with van der Waals surface area (Å²) in [5.74, 6) is 0.583. The molecule has 5 atom stereocenters. The molecule has 10 heteroatoms. The molecule has 1 amide bonds. The van der Waals surface area contributed by atoms with Crippen LogP contribution >= 0.6 is 0 Å². The van der Waals surface area contributed by atoms with Crippen LogP contribution in [0.25, 0.3) is 0 Å². The Kier molecular flexibility index (Phi) is 10.1. The molecule has 0 spiro atoms. The summed E-state index contributed by atoms with van der Waals surface area (Å²) in [5, 5.41) is 22.3. The molecule has 0 bridgehead atoms. The van der Waals surface area contributed by atoms with E-state index in [1.54, 1.807) is 12.1 Å². The monoisotopic (exact) mass is 574 g/mol. The maximum Gasteiger partial charge on any atom is 0.407 e. The van der Waals surface area contributed by atoms with Crippen molar-refractivity contribution in [2.45, 2.75) is 75.1 Å². The average Bonchev–Trinajstić information content (AvgIpc) is 3.42.